The Balaban J connectivity index is 1.90. The van der Waals surface area contributed by atoms with Crippen LogP contribution in [0.15, 0.2) is 18.2 Å². The summed E-state index contributed by atoms with van der Waals surface area (Å²) in [5.41, 5.74) is 1.34. The lowest BCUT2D eigenvalue weighted by atomic mass is 9.95. The van der Waals surface area contributed by atoms with Crippen LogP contribution in [0.25, 0.3) is 0 Å². The molecule has 2 atom stereocenters. The van der Waals surface area contributed by atoms with Crippen molar-refractivity contribution < 1.29 is 14.3 Å². The van der Waals surface area contributed by atoms with Gasteiger partial charge >= 0.3 is 0 Å². The molecule has 0 aliphatic carbocycles. The molecule has 0 bridgehead atoms. The SMILES string of the molecule is CC(=O)N1CC(C)Oc2ccc(C(=O)C3CCCCN3)cc21. The fraction of sp³-hybridized carbons (Fsp3) is 0.529. The molecule has 2 heterocycles. The van der Waals surface area contributed by atoms with E-state index in [9.17, 15) is 9.59 Å². The highest BCUT2D eigenvalue weighted by atomic mass is 16.5. The summed E-state index contributed by atoms with van der Waals surface area (Å²) < 4.78 is 5.77. The van der Waals surface area contributed by atoms with E-state index in [0.717, 1.165) is 25.8 Å². The summed E-state index contributed by atoms with van der Waals surface area (Å²) in [6.45, 7) is 4.88. The fourth-order valence-electron chi connectivity index (χ4n) is 3.17. The molecule has 3 rings (SSSR count). The molecule has 1 aromatic carbocycles. The highest BCUT2D eigenvalue weighted by molar-refractivity contribution is 6.03. The van der Waals surface area contributed by atoms with Gasteiger partial charge in [0.15, 0.2) is 5.78 Å². The van der Waals surface area contributed by atoms with E-state index in [4.69, 9.17) is 4.74 Å². The molecule has 2 aliphatic rings. The first-order chi connectivity index (χ1) is 10.6. The number of hydrogen-bond donors (Lipinski definition) is 1. The van der Waals surface area contributed by atoms with Crippen LogP contribution in [0.2, 0.25) is 0 Å². The summed E-state index contributed by atoms with van der Waals surface area (Å²) in [6.07, 6.45) is 3.03. The van der Waals surface area contributed by atoms with Gasteiger partial charge in [-0.3, -0.25) is 9.59 Å². The fourth-order valence-corrected chi connectivity index (χ4v) is 3.17. The van der Waals surface area contributed by atoms with Crippen LogP contribution in [0.3, 0.4) is 0 Å². The molecule has 118 valence electrons. The first-order valence-corrected chi connectivity index (χ1v) is 7.92. The van der Waals surface area contributed by atoms with Crippen LogP contribution < -0.4 is 15.0 Å². The monoisotopic (exact) mass is 302 g/mol. The van der Waals surface area contributed by atoms with Crippen molar-refractivity contribution >= 4 is 17.4 Å². The van der Waals surface area contributed by atoms with Crippen molar-refractivity contribution in [3.8, 4) is 5.75 Å². The molecule has 2 aliphatic heterocycles. The van der Waals surface area contributed by atoms with Crippen LogP contribution in [0.4, 0.5) is 5.69 Å². The summed E-state index contributed by atoms with van der Waals surface area (Å²) >= 11 is 0. The molecule has 0 spiro atoms. The van der Waals surface area contributed by atoms with Crippen LogP contribution in [0, 0.1) is 0 Å². The zero-order valence-corrected chi connectivity index (χ0v) is 13.1. The summed E-state index contributed by atoms with van der Waals surface area (Å²) in [5, 5.41) is 3.28. The third-order valence-electron chi connectivity index (χ3n) is 4.31. The molecule has 1 fully saturated rings. The van der Waals surface area contributed by atoms with E-state index in [2.05, 4.69) is 5.32 Å². The molecule has 1 N–H and O–H groups in total. The van der Waals surface area contributed by atoms with Gasteiger partial charge in [0, 0.05) is 12.5 Å². The Kier molecular flexibility index (Phi) is 4.16. The highest BCUT2D eigenvalue weighted by Crippen LogP contribution is 2.34. The van der Waals surface area contributed by atoms with Crippen LogP contribution in [0.1, 0.15) is 43.5 Å². The number of rotatable bonds is 2. The molecule has 1 amide bonds. The minimum Gasteiger partial charge on any atom is -0.487 e. The Bertz CT molecular complexity index is 594. The molecule has 1 saturated heterocycles. The van der Waals surface area contributed by atoms with Gasteiger partial charge in [-0.1, -0.05) is 6.42 Å². The predicted molar refractivity (Wildman–Crippen MR) is 84.5 cm³/mol. The smallest absolute Gasteiger partial charge is 0.224 e. The van der Waals surface area contributed by atoms with E-state index in [1.54, 1.807) is 30.0 Å². The number of hydrogen-bond acceptors (Lipinski definition) is 4. The van der Waals surface area contributed by atoms with Crippen molar-refractivity contribution in [1.82, 2.24) is 5.32 Å². The zero-order chi connectivity index (χ0) is 15.7. The number of benzene rings is 1. The van der Waals surface area contributed by atoms with Crippen molar-refractivity contribution in [3.63, 3.8) is 0 Å². The van der Waals surface area contributed by atoms with Crippen molar-refractivity contribution in [2.75, 3.05) is 18.0 Å². The van der Waals surface area contributed by atoms with Crippen molar-refractivity contribution in [3.05, 3.63) is 23.8 Å². The van der Waals surface area contributed by atoms with Crippen LogP contribution in [-0.4, -0.2) is 36.9 Å². The lowest BCUT2D eigenvalue weighted by molar-refractivity contribution is -0.117. The maximum Gasteiger partial charge on any atom is 0.224 e. The minimum absolute atomic E-state index is 0.0307. The van der Waals surface area contributed by atoms with Crippen molar-refractivity contribution in [2.24, 2.45) is 0 Å². The molecule has 5 heteroatoms. The number of nitrogens with zero attached hydrogens (tertiary/aromatic N) is 1. The predicted octanol–water partition coefficient (Wildman–Crippen LogP) is 2.15. The second-order valence-corrected chi connectivity index (χ2v) is 6.11. The standard InChI is InChI=1S/C17H22N2O3/c1-11-10-19(12(2)20)15-9-13(6-7-16(15)22-11)17(21)14-5-3-4-8-18-14/h6-7,9,11,14,18H,3-5,8,10H2,1-2H3. The Morgan fingerprint density at radius 3 is 2.82 bits per heavy atom. The van der Waals surface area contributed by atoms with E-state index < -0.39 is 0 Å². The Hall–Kier alpha value is -1.88. The lowest BCUT2D eigenvalue weighted by Crippen LogP contribution is -2.42. The summed E-state index contributed by atoms with van der Waals surface area (Å²) in [6, 6.07) is 5.28. The van der Waals surface area contributed by atoms with Gasteiger partial charge in [0.25, 0.3) is 0 Å². The summed E-state index contributed by atoms with van der Waals surface area (Å²) in [7, 11) is 0. The molecule has 2 unspecified atom stereocenters. The number of carbonyl (C=O) groups is 2. The molecular weight excluding hydrogens is 280 g/mol. The van der Waals surface area contributed by atoms with Gasteiger partial charge in [0.1, 0.15) is 11.9 Å². The quantitative estimate of drug-likeness (QED) is 0.850. The molecule has 5 nitrogen and oxygen atoms in total. The van der Waals surface area contributed by atoms with Gasteiger partial charge in [0.05, 0.1) is 18.3 Å². The number of piperidine rings is 1. The highest BCUT2D eigenvalue weighted by Gasteiger charge is 2.28. The van der Waals surface area contributed by atoms with E-state index in [1.165, 1.54) is 0 Å². The Labute approximate surface area is 130 Å². The van der Waals surface area contributed by atoms with E-state index >= 15 is 0 Å². The summed E-state index contributed by atoms with van der Waals surface area (Å²) in [4.78, 5) is 26.2. The molecule has 1 aromatic rings. The number of amides is 1. The first kappa shape index (κ1) is 15.0. The topological polar surface area (TPSA) is 58.6 Å². The van der Waals surface area contributed by atoms with Crippen LogP contribution in [0.5, 0.6) is 5.75 Å². The zero-order valence-electron chi connectivity index (χ0n) is 13.1. The van der Waals surface area contributed by atoms with Crippen LogP contribution in [-0.2, 0) is 4.79 Å². The van der Waals surface area contributed by atoms with Crippen molar-refractivity contribution in [2.45, 2.75) is 45.3 Å². The Morgan fingerprint density at radius 2 is 2.14 bits per heavy atom. The number of fused-ring (bicyclic) bond motifs is 1. The molecule has 0 saturated carbocycles. The maximum absolute atomic E-state index is 12.6. The van der Waals surface area contributed by atoms with Gasteiger partial charge in [-0.05, 0) is 44.5 Å². The second kappa shape index (κ2) is 6.08. The van der Waals surface area contributed by atoms with E-state index in [0.29, 0.717) is 23.5 Å². The molecule has 0 radical (unpaired) electrons. The third-order valence-corrected chi connectivity index (χ3v) is 4.31. The van der Waals surface area contributed by atoms with Crippen molar-refractivity contribution in [1.29, 1.82) is 0 Å². The number of anilines is 1. The van der Waals surface area contributed by atoms with Crippen LogP contribution >= 0.6 is 0 Å². The minimum atomic E-state index is -0.110. The van der Waals surface area contributed by atoms with Gasteiger partial charge in [-0.15, -0.1) is 0 Å². The lowest BCUT2D eigenvalue weighted by Gasteiger charge is -2.33. The maximum atomic E-state index is 12.6. The second-order valence-electron chi connectivity index (χ2n) is 6.11. The number of Topliss-reactive ketones (excluding diaryl/α,β-unsaturated/α-hetero) is 1. The number of carbonyl (C=O) groups excluding carboxylic acids is 2. The van der Waals surface area contributed by atoms with Gasteiger partial charge in [0.2, 0.25) is 5.91 Å². The Morgan fingerprint density at radius 1 is 1.32 bits per heavy atom. The first-order valence-electron chi connectivity index (χ1n) is 7.92. The number of ether oxygens (including phenoxy) is 1. The van der Waals surface area contributed by atoms with E-state index in [-0.39, 0.29) is 23.8 Å². The average molecular weight is 302 g/mol. The number of nitrogens with one attached hydrogen (secondary N) is 1. The van der Waals surface area contributed by atoms with Gasteiger partial charge in [-0.25, -0.2) is 0 Å². The third kappa shape index (κ3) is 2.86. The van der Waals surface area contributed by atoms with E-state index in [1.807, 2.05) is 6.92 Å². The van der Waals surface area contributed by atoms with Gasteiger partial charge in [-0.2, -0.15) is 0 Å². The number of ketones is 1. The normalized spacial score (nSPS) is 24.4. The average Bonchev–Trinajstić information content (AvgIpc) is 2.53. The van der Waals surface area contributed by atoms with Gasteiger partial charge < -0.3 is 15.0 Å². The molecule has 0 aromatic heterocycles. The molecular formula is C17H22N2O3. The summed E-state index contributed by atoms with van der Waals surface area (Å²) in [5.74, 6) is 0.739. The molecule has 22 heavy (non-hydrogen) atoms. The largest absolute Gasteiger partial charge is 0.487 e.